The normalized spacial score (nSPS) is 9.00. The van der Waals surface area contributed by atoms with E-state index in [0.29, 0.717) is 6.54 Å². The van der Waals surface area contributed by atoms with Gasteiger partial charge in [-0.2, -0.15) is 5.10 Å². The molecule has 0 bridgehead atoms. The molecular formula is C8H11N3. The molecule has 0 unspecified atom stereocenters. The van der Waals surface area contributed by atoms with Crippen LogP contribution in [0.1, 0.15) is 11.3 Å². The maximum Gasteiger partial charge on any atom is 0.0654 e. The first-order valence-corrected chi connectivity index (χ1v) is 3.43. The average Bonchev–Trinajstić information content (AvgIpc) is 2.31. The number of nitrogens with two attached hydrogens (primary N) is 1. The molecule has 0 aliphatic rings. The van der Waals surface area contributed by atoms with Crippen LogP contribution < -0.4 is 5.73 Å². The summed E-state index contributed by atoms with van der Waals surface area (Å²) in [4.78, 5) is 0. The Kier molecular flexibility index (Phi) is 2.29. The molecule has 0 fully saturated rings. The number of rotatable bonds is 0. The third kappa shape index (κ3) is 1.60. The first-order chi connectivity index (χ1) is 5.25. The molecule has 2 N–H and O–H groups in total. The summed E-state index contributed by atoms with van der Waals surface area (Å²) in [5.41, 5.74) is 7.26. The molecule has 0 radical (unpaired) electrons. The van der Waals surface area contributed by atoms with E-state index in [1.807, 2.05) is 14.0 Å². The smallest absolute Gasteiger partial charge is 0.0654 e. The fraction of sp³-hybridized carbons (Fsp3) is 0.375. The van der Waals surface area contributed by atoms with E-state index in [2.05, 4.69) is 16.9 Å². The minimum absolute atomic E-state index is 0.397. The molecule has 0 spiro atoms. The summed E-state index contributed by atoms with van der Waals surface area (Å²) in [6.45, 7) is 2.38. The highest BCUT2D eigenvalue weighted by Gasteiger charge is 1.97. The van der Waals surface area contributed by atoms with Crippen LogP contribution in [0.15, 0.2) is 6.20 Å². The van der Waals surface area contributed by atoms with Crippen molar-refractivity contribution in [3.8, 4) is 11.8 Å². The molecule has 0 aliphatic carbocycles. The van der Waals surface area contributed by atoms with Crippen LogP contribution in [0.3, 0.4) is 0 Å². The predicted octanol–water partition coefficient (Wildman–Crippen LogP) is 0.0387. The first-order valence-electron chi connectivity index (χ1n) is 3.43. The molecule has 1 heterocycles. The number of aryl methyl sites for hydroxylation is 1. The minimum atomic E-state index is 0.397. The molecule has 0 atom stereocenters. The maximum absolute atomic E-state index is 5.23. The van der Waals surface area contributed by atoms with Gasteiger partial charge in [-0.05, 0) is 6.92 Å². The van der Waals surface area contributed by atoms with Crippen LogP contribution >= 0.6 is 0 Å². The minimum Gasteiger partial charge on any atom is -0.320 e. The van der Waals surface area contributed by atoms with Crippen molar-refractivity contribution in [2.24, 2.45) is 12.8 Å². The van der Waals surface area contributed by atoms with Gasteiger partial charge in [0.2, 0.25) is 0 Å². The van der Waals surface area contributed by atoms with E-state index in [-0.39, 0.29) is 0 Å². The van der Waals surface area contributed by atoms with Crippen molar-refractivity contribution < 1.29 is 0 Å². The van der Waals surface area contributed by atoms with Gasteiger partial charge in [-0.1, -0.05) is 11.8 Å². The lowest BCUT2D eigenvalue weighted by Gasteiger charge is -1.90. The Morgan fingerprint density at radius 2 is 2.45 bits per heavy atom. The Labute approximate surface area is 66.2 Å². The summed E-state index contributed by atoms with van der Waals surface area (Å²) in [6.07, 6.45) is 1.75. The number of hydrogen-bond acceptors (Lipinski definition) is 2. The Morgan fingerprint density at radius 1 is 1.73 bits per heavy atom. The van der Waals surface area contributed by atoms with E-state index in [1.54, 1.807) is 10.9 Å². The van der Waals surface area contributed by atoms with Gasteiger partial charge in [0.25, 0.3) is 0 Å². The van der Waals surface area contributed by atoms with Gasteiger partial charge in [0, 0.05) is 7.05 Å². The molecule has 3 nitrogen and oxygen atoms in total. The molecule has 3 heteroatoms. The number of nitrogens with zero attached hydrogens (tertiary/aromatic N) is 2. The van der Waals surface area contributed by atoms with Crippen molar-refractivity contribution in [3.63, 3.8) is 0 Å². The average molecular weight is 149 g/mol. The van der Waals surface area contributed by atoms with E-state index < -0.39 is 0 Å². The van der Waals surface area contributed by atoms with Crippen molar-refractivity contribution in [1.29, 1.82) is 0 Å². The molecule has 1 aromatic rings. The molecule has 1 aromatic heterocycles. The fourth-order valence-corrected chi connectivity index (χ4v) is 0.768. The SMILES string of the molecule is Cc1c(C#CCN)cnn1C. The van der Waals surface area contributed by atoms with Crippen LogP contribution in [0.2, 0.25) is 0 Å². The second-order valence-corrected chi connectivity index (χ2v) is 2.27. The zero-order valence-corrected chi connectivity index (χ0v) is 6.76. The molecule has 0 amide bonds. The highest BCUT2D eigenvalue weighted by atomic mass is 15.3. The first kappa shape index (κ1) is 7.83. The summed E-state index contributed by atoms with van der Waals surface area (Å²) in [5.74, 6) is 5.72. The van der Waals surface area contributed by atoms with E-state index in [4.69, 9.17) is 5.73 Å². The zero-order chi connectivity index (χ0) is 8.27. The Morgan fingerprint density at radius 3 is 2.91 bits per heavy atom. The van der Waals surface area contributed by atoms with Crippen LogP contribution in [0.4, 0.5) is 0 Å². The Hall–Kier alpha value is -1.27. The van der Waals surface area contributed by atoms with Crippen LogP contribution in [0.5, 0.6) is 0 Å². The lowest BCUT2D eigenvalue weighted by Crippen LogP contribution is -1.94. The van der Waals surface area contributed by atoms with E-state index in [1.165, 1.54) is 0 Å². The van der Waals surface area contributed by atoms with Crippen molar-refractivity contribution >= 4 is 0 Å². The van der Waals surface area contributed by atoms with E-state index >= 15 is 0 Å². The van der Waals surface area contributed by atoms with Crippen LogP contribution in [-0.4, -0.2) is 16.3 Å². The molecule has 0 saturated heterocycles. The zero-order valence-electron chi connectivity index (χ0n) is 6.76. The van der Waals surface area contributed by atoms with Gasteiger partial charge in [0.05, 0.1) is 24.0 Å². The summed E-state index contributed by atoms with van der Waals surface area (Å²) < 4.78 is 1.79. The third-order valence-corrected chi connectivity index (χ3v) is 1.56. The van der Waals surface area contributed by atoms with Crippen molar-refractivity contribution in [3.05, 3.63) is 17.5 Å². The molecule has 11 heavy (non-hydrogen) atoms. The molecule has 0 saturated carbocycles. The maximum atomic E-state index is 5.23. The van der Waals surface area contributed by atoms with Gasteiger partial charge in [-0.15, -0.1) is 0 Å². The van der Waals surface area contributed by atoms with Crippen molar-refractivity contribution in [2.75, 3.05) is 6.54 Å². The van der Waals surface area contributed by atoms with Gasteiger partial charge in [-0.25, -0.2) is 0 Å². The predicted molar refractivity (Wildman–Crippen MR) is 43.9 cm³/mol. The molecule has 0 aliphatic heterocycles. The van der Waals surface area contributed by atoms with Crippen LogP contribution in [0.25, 0.3) is 0 Å². The largest absolute Gasteiger partial charge is 0.320 e. The third-order valence-electron chi connectivity index (χ3n) is 1.56. The van der Waals surface area contributed by atoms with E-state index in [0.717, 1.165) is 11.3 Å². The second kappa shape index (κ2) is 3.22. The number of hydrogen-bond donors (Lipinski definition) is 1. The van der Waals surface area contributed by atoms with Gasteiger partial charge in [0.1, 0.15) is 0 Å². The van der Waals surface area contributed by atoms with Gasteiger partial charge < -0.3 is 5.73 Å². The Balaban J connectivity index is 2.96. The van der Waals surface area contributed by atoms with Gasteiger partial charge >= 0.3 is 0 Å². The molecule has 1 rings (SSSR count). The highest BCUT2D eigenvalue weighted by molar-refractivity contribution is 5.35. The highest BCUT2D eigenvalue weighted by Crippen LogP contribution is 2.01. The summed E-state index contributed by atoms with van der Waals surface area (Å²) in [7, 11) is 1.89. The topological polar surface area (TPSA) is 43.8 Å². The summed E-state index contributed by atoms with van der Waals surface area (Å²) in [6, 6.07) is 0. The molecule has 58 valence electrons. The van der Waals surface area contributed by atoms with Crippen LogP contribution in [-0.2, 0) is 7.05 Å². The standard InChI is InChI=1S/C8H11N3/c1-7-8(4-3-5-9)6-10-11(7)2/h6H,5,9H2,1-2H3. The summed E-state index contributed by atoms with van der Waals surface area (Å²) >= 11 is 0. The quantitative estimate of drug-likeness (QED) is 0.529. The monoisotopic (exact) mass is 149 g/mol. The van der Waals surface area contributed by atoms with Gasteiger partial charge in [-0.3, -0.25) is 4.68 Å². The fourth-order valence-electron chi connectivity index (χ4n) is 0.768. The lowest BCUT2D eigenvalue weighted by molar-refractivity contribution is 0.740. The van der Waals surface area contributed by atoms with Crippen molar-refractivity contribution in [1.82, 2.24) is 9.78 Å². The number of aromatic nitrogens is 2. The Bertz CT molecular complexity index is 301. The van der Waals surface area contributed by atoms with Gasteiger partial charge in [0.15, 0.2) is 0 Å². The molecular weight excluding hydrogens is 138 g/mol. The van der Waals surface area contributed by atoms with Crippen LogP contribution in [0, 0.1) is 18.8 Å². The molecule has 0 aromatic carbocycles. The summed E-state index contributed by atoms with van der Waals surface area (Å²) in [5, 5.41) is 4.04. The lowest BCUT2D eigenvalue weighted by atomic mass is 10.3. The second-order valence-electron chi connectivity index (χ2n) is 2.27. The van der Waals surface area contributed by atoms with Crippen molar-refractivity contribution in [2.45, 2.75) is 6.92 Å². The van der Waals surface area contributed by atoms with E-state index in [9.17, 15) is 0 Å².